The van der Waals surface area contributed by atoms with Crippen LogP contribution < -0.4 is 5.32 Å². The van der Waals surface area contributed by atoms with E-state index in [9.17, 15) is 4.79 Å². The van der Waals surface area contributed by atoms with E-state index in [1.807, 2.05) is 53.7 Å². The Balaban J connectivity index is 0.000000370. The summed E-state index contributed by atoms with van der Waals surface area (Å²) in [5, 5.41) is 3.08. The van der Waals surface area contributed by atoms with Crippen LogP contribution in [0.2, 0.25) is 0 Å². The van der Waals surface area contributed by atoms with Crippen LogP contribution >= 0.6 is 0 Å². The fourth-order valence-corrected chi connectivity index (χ4v) is 5.37. The van der Waals surface area contributed by atoms with Gasteiger partial charge in [0.1, 0.15) is 35.0 Å². The summed E-state index contributed by atoms with van der Waals surface area (Å²) in [5.74, 6) is 3.07. The summed E-state index contributed by atoms with van der Waals surface area (Å²) >= 11 is 0. The van der Waals surface area contributed by atoms with Crippen molar-refractivity contribution in [1.29, 1.82) is 0 Å². The Morgan fingerprint density at radius 1 is 1.12 bits per heavy atom. The number of anilines is 1. The van der Waals surface area contributed by atoms with Crippen molar-refractivity contribution in [2.24, 2.45) is 15.9 Å². The Bertz CT molecular complexity index is 1630. The summed E-state index contributed by atoms with van der Waals surface area (Å²) in [4.78, 5) is 43.6. The summed E-state index contributed by atoms with van der Waals surface area (Å²) in [6, 6.07) is 6.10. The molecule has 1 aliphatic carbocycles. The average Bonchev–Trinajstić information content (AvgIpc) is 3.69. The molecule has 1 N–H and O–H groups in total. The number of rotatable bonds is 6. The molecule has 1 saturated carbocycles. The summed E-state index contributed by atoms with van der Waals surface area (Å²) in [6.07, 6.45) is 10.2. The molecule has 0 spiro atoms. The van der Waals surface area contributed by atoms with Gasteiger partial charge < -0.3 is 9.88 Å². The van der Waals surface area contributed by atoms with Crippen molar-refractivity contribution in [1.82, 2.24) is 29.5 Å². The molecule has 1 atom stereocenters. The number of benzene rings is 1. The van der Waals surface area contributed by atoms with E-state index < -0.39 is 5.41 Å². The number of carbonyl (C=O) groups is 1. The molecule has 4 heterocycles. The van der Waals surface area contributed by atoms with Gasteiger partial charge in [-0.2, -0.15) is 0 Å². The third-order valence-electron chi connectivity index (χ3n) is 7.62. The van der Waals surface area contributed by atoms with Crippen molar-refractivity contribution in [3.63, 3.8) is 0 Å². The summed E-state index contributed by atoms with van der Waals surface area (Å²) in [5.41, 5.74) is 5.48. The Morgan fingerprint density at radius 3 is 2.47 bits per heavy atom. The zero-order chi connectivity index (χ0) is 31.1. The minimum atomic E-state index is -0.508. The molecule has 0 bridgehead atoms. The predicted octanol–water partition coefficient (Wildman–Crippen LogP) is 6.83. The van der Waals surface area contributed by atoms with Gasteiger partial charge in [0.25, 0.3) is 0 Å². The second kappa shape index (κ2) is 13.8. The maximum atomic E-state index is 12.9. The Labute approximate surface area is 254 Å². The molecule has 3 aromatic heterocycles. The van der Waals surface area contributed by atoms with Crippen molar-refractivity contribution >= 4 is 34.8 Å². The molecular formula is C33H43N9O. The van der Waals surface area contributed by atoms with Crippen LogP contribution in [0.25, 0.3) is 33.8 Å². The fourth-order valence-electron chi connectivity index (χ4n) is 5.37. The number of fused-ring (bicyclic) bond motifs is 2. The zero-order valence-electron chi connectivity index (χ0n) is 26.6. The number of carbonyl (C=O) groups excluding carboxylic acids is 1. The van der Waals surface area contributed by atoms with E-state index in [4.69, 9.17) is 4.98 Å². The number of aromatic nitrogens is 6. The Kier molecular flexibility index (Phi) is 10.1. The first-order valence-corrected chi connectivity index (χ1v) is 15.2. The van der Waals surface area contributed by atoms with Crippen molar-refractivity contribution in [2.45, 2.75) is 86.6 Å². The number of nitrogens with one attached hydrogen (secondary N) is 1. The fraction of sp³-hybridized carbons (Fsp3) is 0.455. The average molecular weight is 582 g/mol. The maximum Gasteiger partial charge on any atom is 0.234 e. The normalized spacial score (nSPS) is 17.7. The van der Waals surface area contributed by atoms with Gasteiger partial charge in [0.2, 0.25) is 5.91 Å². The van der Waals surface area contributed by atoms with Gasteiger partial charge in [0.15, 0.2) is 5.65 Å². The van der Waals surface area contributed by atoms with Crippen LogP contribution in [0.5, 0.6) is 0 Å². The number of amidine groups is 1. The summed E-state index contributed by atoms with van der Waals surface area (Å²) in [7, 11) is 0. The standard InChI is InChI=1S/C25H25N7O.C6H12N2.C2H6/c1-4-32-22(17-11-26-14(2)27-12-17)31-21-20(28-13-29-23(21)32)16-7-8-19-18(9-16)25(3,24(33)30-19)10-15-5-6-15;1-4-7-6(3)8-5-2;1-2/h7-9,11-13,15H,4-6,10H2,1-3H3,(H,30,33);4H,5H2,1-3H3;1-2H3. The van der Waals surface area contributed by atoms with Gasteiger partial charge in [-0.3, -0.25) is 9.79 Å². The van der Waals surface area contributed by atoms with Gasteiger partial charge in [0.05, 0.1) is 11.0 Å². The molecule has 2 aliphatic rings. The third-order valence-corrected chi connectivity index (χ3v) is 7.62. The number of nitrogens with zero attached hydrogens (tertiary/aromatic N) is 8. The molecule has 10 heteroatoms. The molecule has 43 heavy (non-hydrogen) atoms. The molecule has 6 rings (SSSR count). The molecule has 1 aromatic carbocycles. The van der Waals surface area contributed by atoms with Crippen LogP contribution in [0.1, 0.15) is 79.1 Å². The predicted molar refractivity (Wildman–Crippen MR) is 175 cm³/mol. The smallest absolute Gasteiger partial charge is 0.234 e. The first-order valence-electron chi connectivity index (χ1n) is 15.2. The number of hydrogen-bond donors (Lipinski definition) is 1. The number of aryl methyl sites for hydroxylation is 2. The highest BCUT2D eigenvalue weighted by Crippen LogP contribution is 2.48. The van der Waals surface area contributed by atoms with Crippen molar-refractivity contribution in [3.05, 3.63) is 48.3 Å². The lowest BCUT2D eigenvalue weighted by Crippen LogP contribution is -2.31. The van der Waals surface area contributed by atoms with Gasteiger partial charge in [-0.1, -0.05) is 32.8 Å². The van der Waals surface area contributed by atoms with Crippen molar-refractivity contribution in [3.8, 4) is 22.6 Å². The van der Waals surface area contributed by atoms with Crippen LogP contribution in [0.3, 0.4) is 0 Å². The van der Waals surface area contributed by atoms with Crippen LogP contribution in [-0.2, 0) is 16.8 Å². The monoisotopic (exact) mass is 581 g/mol. The molecular weight excluding hydrogens is 538 g/mol. The van der Waals surface area contributed by atoms with E-state index in [1.54, 1.807) is 24.9 Å². The minimum absolute atomic E-state index is 0.0892. The minimum Gasteiger partial charge on any atom is -0.325 e. The third kappa shape index (κ3) is 6.68. The van der Waals surface area contributed by atoms with Gasteiger partial charge in [-0.05, 0) is 71.6 Å². The van der Waals surface area contributed by atoms with E-state index in [0.717, 1.165) is 63.9 Å². The lowest BCUT2D eigenvalue weighted by atomic mass is 9.78. The maximum absolute atomic E-state index is 12.9. The molecule has 0 radical (unpaired) electrons. The molecule has 1 fully saturated rings. The zero-order valence-corrected chi connectivity index (χ0v) is 26.6. The molecule has 4 aromatic rings. The second-order valence-electron chi connectivity index (χ2n) is 10.7. The van der Waals surface area contributed by atoms with E-state index in [1.165, 1.54) is 12.8 Å². The van der Waals surface area contributed by atoms with Gasteiger partial charge in [-0.15, -0.1) is 0 Å². The van der Waals surface area contributed by atoms with Crippen LogP contribution in [0.4, 0.5) is 5.69 Å². The lowest BCUT2D eigenvalue weighted by Gasteiger charge is -2.22. The highest BCUT2D eigenvalue weighted by Gasteiger charge is 2.46. The van der Waals surface area contributed by atoms with Gasteiger partial charge >= 0.3 is 0 Å². The van der Waals surface area contributed by atoms with Crippen molar-refractivity contribution < 1.29 is 4.79 Å². The number of hydrogen-bond acceptors (Lipinski definition) is 7. The van der Waals surface area contributed by atoms with Crippen LogP contribution in [0, 0.1) is 12.8 Å². The molecule has 1 unspecified atom stereocenters. The van der Waals surface area contributed by atoms with Crippen molar-refractivity contribution in [2.75, 3.05) is 11.9 Å². The summed E-state index contributed by atoms with van der Waals surface area (Å²) < 4.78 is 2.06. The van der Waals surface area contributed by atoms with Crippen LogP contribution in [-0.4, -0.2) is 54.0 Å². The summed E-state index contributed by atoms with van der Waals surface area (Å²) in [6.45, 7) is 17.3. The number of aliphatic imine (C=N–C) groups is 2. The van der Waals surface area contributed by atoms with E-state index in [2.05, 4.69) is 59.7 Å². The lowest BCUT2D eigenvalue weighted by molar-refractivity contribution is -0.120. The number of amides is 1. The SMILES string of the molecule is CC.CC=NC(C)=NCC.CCn1c(-c2cnc(C)nc2)nc2c(-c3ccc4c(c3)C(C)(CC3CC3)C(=O)N4)ncnc21. The molecule has 0 saturated heterocycles. The Hall–Kier alpha value is -4.34. The first kappa shape index (κ1) is 31.6. The highest BCUT2D eigenvalue weighted by molar-refractivity contribution is 6.06. The first-order chi connectivity index (χ1) is 20.8. The molecule has 10 nitrogen and oxygen atoms in total. The molecule has 1 amide bonds. The van der Waals surface area contributed by atoms with Gasteiger partial charge in [-0.25, -0.2) is 29.9 Å². The van der Waals surface area contributed by atoms with E-state index >= 15 is 0 Å². The van der Waals surface area contributed by atoms with E-state index in [0.29, 0.717) is 18.3 Å². The largest absolute Gasteiger partial charge is 0.325 e. The van der Waals surface area contributed by atoms with E-state index in [-0.39, 0.29) is 5.91 Å². The molecule has 1 aliphatic heterocycles. The van der Waals surface area contributed by atoms with Crippen LogP contribution in [0.15, 0.2) is 46.9 Å². The second-order valence-corrected chi connectivity index (χ2v) is 10.7. The number of imidazole rings is 1. The molecule has 226 valence electrons. The Morgan fingerprint density at radius 2 is 1.84 bits per heavy atom. The highest BCUT2D eigenvalue weighted by atomic mass is 16.2. The quantitative estimate of drug-likeness (QED) is 0.197. The topological polar surface area (TPSA) is 123 Å². The van der Waals surface area contributed by atoms with Gasteiger partial charge in [0, 0.05) is 42.9 Å².